The third kappa shape index (κ3) is 5.20. The van der Waals surface area contributed by atoms with Crippen molar-refractivity contribution in [3.8, 4) is 11.5 Å². The van der Waals surface area contributed by atoms with Crippen LogP contribution in [0.15, 0.2) is 48.0 Å². The predicted molar refractivity (Wildman–Crippen MR) is 128 cm³/mol. The lowest BCUT2D eigenvalue weighted by Gasteiger charge is -2.27. The van der Waals surface area contributed by atoms with Gasteiger partial charge in [0.05, 0.1) is 25.3 Å². The number of amides is 1. The molecular weight excluding hydrogens is 420 g/mol. The molecule has 2 aromatic carbocycles. The maximum atomic E-state index is 13.1. The highest BCUT2D eigenvalue weighted by molar-refractivity contribution is 6.46. The number of hydrogen-bond acceptors (Lipinski definition) is 6. The second kappa shape index (κ2) is 10.5. The smallest absolute Gasteiger partial charge is 0.295 e. The lowest BCUT2D eigenvalue weighted by atomic mass is 9.94. The number of ether oxygens (including phenoxy) is 2. The van der Waals surface area contributed by atoms with Gasteiger partial charge in [-0.2, -0.15) is 0 Å². The zero-order valence-corrected chi connectivity index (χ0v) is 19.9. The summed E-state index contributed by atoms with van der Waals surface area (Å²) in [7, 11) is 5.36. The number of carbonyl (C=O) groups is 2. The molecule has 33 heavy (non-hydrogen) atoms. The molecule has 7 heteroatoms. The number of rotatable bonds is 9. The third-order valence-electron chi connectivity index (χ3n) is 5.62. The molecule has 3 rings (SSSR count). The van der Waals surface area contributed by atoms with Crippen LogP contribution in [-0.4, -0.2) is 67.5 Å². The van der Waals surface area contributed by atoms with Crippen molar-refractivity contribution in [3.05, 3.63) is 64.7 Å². The molecule has 0 radical (unpaired) electrons. The minimum Gasteiger partial charge on any atom is -0.507 e. The lowest BCUT2D eigenvalue weighted by molar-refractivity contribution is -0.140. The van der Waals surface area contributed by atoms with E-state index >= 15 is 0 Å². The number of aryl methyl sites for hydroxylation is 1. The van der Waals surface area contributed by atoms with Crippen LogP contribution in [0.3, 0.4) is 0 Å². The fraction of sp³-hybridized carbons (Fsp3) is 0.385. The molecule has 0 aliphatic carbocycles. The molecule has 0 bridgehead atoms. The van der Waals surface area contributed by atoms with Gasteiger partial charge in [0.25, 0.3) is 11.7 Å². The first-order valence-corrected chi connectivity index (χ1v) is 11.1. The molecule has 1 amide bonds. The van der Waals surface area contributed by atoms with Crippen molar-refractivity contribution in [1.82, 2.24) is 9.80 Å². The van der Waals surface area contributed by atoms with Crippen molar-refractivity contribution in [2.24, 2.45) is 0 Å². The van der Waals surface area contributed by atoms with Crippen LogP contribution >= 0.6 is 0 Å². The molecule has 1 aliphatic heterocycles. The molecular formula is C26H32N2O5. The number of nitrogens with zero attached hydrogens (tertiary/aromatic N) is 2. The fourth-order valence-corrected chi connectivity index (χ4v) is 3.82. The molecule has 1 N–H and O–H groups in total. The SMILES string of the molecule is CCCOc1ccc(C2/C(=C(/O)c3ccc(C)cc3)C(=O)C(=O)N2CCN(C)C)cc1OC. The van der Waals surface area contributed by atoms with E-state index in [2.05, 4.69) is 0 Å². The summed E-state index contributed by atoms with van der Waals surface area (Å²) >= 11 is 0. The molecule has 1 fully saturated rings. The topological polar surface area (TPSA) is 79.3 Å². The van der Waals surface area contributed by atoms with Crippen molar-refractivity contribution < 1.29 is 24.2 Å². The number of methoxy groups -OCH3 is 1. The van der Waals surface area contributed by atoms with Gasteiger partial charge >= 0.3 is 0 Å². The van der Waals surface area contributed by atoms with E-state index in [1.54, 1.807) is 31.4 Å². The van der Waals surface area contributed by atoms with Gasteiger partial charge in [-0.3, -0.25) is 9.59 Å². The quantitative estimate of drug-likeness (QED) is 0.354. The van der Waals surface area contributed by atoms with Crippen LogP contribution in [0.2, 0.25) is 0 Å². The minimum atomic E-state index is -0.736. The zero-order chi connectivity index (χ0) is 24.1. The van der Waals surface area contributed by atoms with Gasteiger partial charge in [0.15, 0.2) is 11.5 Å². The summed E-state index contributed by atoms with van der Waals surface area (Å²) in [6, 6.07) is 11.8. The fourth-order valence-electron chi connectivity index (χ4n) is 3.82. The molecule has 0 saturated carbocycles. The maximum Gasteiger partial charge on any atom is 0.295 e. The first kappa shape index (κ1) is 24.3. The van der Waals surface area contributed by atoms with Crippen LogP contribution in [-0.2, 0) is 9.59 Å². The summed E-state index contributed by atoms with van der Waals surface area (Å²) in [6.45, 7) is 5.42. The van der Waals surface area contributed by atoms with Crippen LogP contribution in [0.1, 0.15) is 36.1 Å². The summed E-state index contributed by atoms with van der Waals surface area (Å²) in [5, 5.41) is 11.1. The highest BCUT2D eigenvalue weighted by Gasteiger charge is 2.46. The van der Waals surface area contributed by atoms with Crippen molar-refractivity contribution in [1.29, 1.82) is 0 Å². The van der Waals surface area contributed by atoms with Gasteiger partial charge in [-0.1, -0.05) is 42.8 Å². The molecule has 1 heterocycles. The Balaban J connectivity index is 2.14. The van der Waals surface area contributed by atoms with Crippen molar-refractivity contribution in [3.63, 3.8) is 0 Å². The Hall–Kier alpha value is -3.32. The number of likely N-dealkylation sites (N-methyl/N-ethyl adjacent to an activating group) is 1. The summed E-state index contributed by atoms with van der Waals surface area (Å²) in [6.07, 6.45) is 0.853. The molecule has 0 aromatic heterocycles. The molecule has 176 valence electrons. The summed E-state index contributed by atoms with van der Waals surface area (Å²) in [5.41, 5.74) is 2.27. The van der Waals surface area contributed by atoms with Crippen LogP contribution in [0, 0.1) is 6.92 Å². The summed E-state index contributed by atoms with van der Waals surface area (Å²) < 4.78 is 11.3. The highest BCUT2D eigenvalue weighted by atomic mass is 16.5. The number of hydrogen-bond donors (Lipinski definition) is 1. The number of likely N-dealkylation sites (tertiary alicyclic amines) is 1. The van der Waals surface area contributed by atoms with E-state index in [9.17, 15) is 14.7 Å². The second-order valence-corrected chi connectivity index (χ2v) is 8.42. The Kier molecular flexibility index (Phi) is 7.76. The van der Waals surface area contributed by atoms with E-state index in [1.165, 1.54) is 4.90 Å². The first-order chi connectivity index (χ1) is 15.8. The molecule has 1 atom stereocenters. The Morgan fingerprint density at radius 3 is 2.39 bits per heavy atom. The number of aliphatic hydroxyl groups is 1. The highest BCUT2D eigenvalue weighted by Crippen LogP contribution is 2.41. The standard InChI is InChI=1S/C26H32N2O5/c1-6-15-33-20-12-11-19(16-21(20)32-5)23-22(24(29)18-9-7-17(2)8-10-18)25(30)26(31)28(23)14-13-27(3)4/h7-12,16,23,29H,6,13-15H2,1-5H3/b24-22-. The average molecular weight is 453 g/mol. The van der Waals surface area contributed by atoms with Gasteiger partial charge in [-0.05, 0) is 45.1 Å². The molecule has 0 spiro atoms. The van der Waals surface area contributed by atoms with Gasteiger partial charge in [-0.25, -0.2) is 0 Å². The Morgan fingerprint density at radius 1 is 1.09 bits per heavy atom. The average Bonchev–Trinajstić information content (AvgIpc) is 3.06. The van der Waals surface area contributed by atoms with Gasteiger partial charge in [0, 0.05) is 18.7 Å². The number of ketones is 1. The van der Waals surface area contributed by atoms with E-state index in [-0.39, 0.29) is 11.3 Å². The number of benzene rings is 2. The zero-order valence-electron chi connectivity index (χ0n) is 19.9. The van der Waals surface area contributed by atoms with Gasteiger partial charge in [0.1, 0.15) is 5.76 Å². The normalized spacial score (nSPS) is 17.6. The molecule has 2 aromatic rings. The van der Waals surface area contributed by atoms with Crippen LogP contribution in [0.25, 0.3) is 5.76 Å². The van der Waals surface area contributed by atoms with Gasteiger partial charge in [-0.15, -0.1) is 0 Å². The Morgan fingerprint density at radius 2 is 1.79 bits per heavy atom. The van der Waals surface area contributed by atoms with E-state index in [4.69, 9.17) is 9.47 Å². The van der Waals surface area contributed by atoms with E-state index in [1.807, 2.05) is 51.0 Å². The maximum absolute atomic E-state index is 13.1. The largest absolute Gasteiger partial charge is 0.507 e. The Bertz CT molecular complexity index is 1040. The molecule has 1 saturated heterocycles. The number of carbonyl (C=O) groups excluding carboxylic acids is 2. The minimum absolute atomic E-state index is 0.0758. The van der Waals surface area contributed by atoms with Crippen molar-refractivity contribution >= 4 is 17.4 Å². The number of aliphatic hydroxyl groups excluding tert-OH is 1. The molecule has 1 unspecified atom stereocenters. The van der Waals surface area contributed by atoms with Crippen LogP contribution in [0.4, 0.5) is 0 Å². The van der Waals surface area contributed by atoms with Crippen molar-refractivity contribution in [2.45, 2.75) is 26.3 Å². The second-order valence-electron chi connectivity index (χ2n) is 8.42. The number of Topliss-reactive ketones (excluding diaryl/α,β-unsaturated/α-hetero) is 1. The van der Waals surface area contributed by atoms with E-state index in [0.717, 1.165) is 12.0 Å². The first-order valence-electron chi connectivity index (χ1n) is 11.1. The van der Waals surface area contributed by atoms with E-state index < -0.39 is 17.7 Å². The lowest BCUT2D eigenvalue weighted by Crippen LogP contribution is -2.35. The van der Waals surface area contributed by atoms with E-state index in [0.29, 0.717) is 42.3 Å². The summed E-state index contributed by atoms with van der Waals surface area (Å²) in [4.78, 5) is 29.6. The van der Waals surface area contributed by atoms with Gasteiger partial charge < -0.3 is 24.4 Å². The van der Waals surface area contributed by atoms with Crippen molar-refractivity contribution in [2.75, 3.05) is 40.9 Å². The predicted octanol–water partition coefficient (Wildman–Crippen LogP) is 3.78. The Labute approximate surface area is 195 Å². The third-order valence-corrected chi connectivity index (χ3v) is 5.62. The summed E-state index contributed by atoms with van der Waals surface area (Å²) in [5.74, 6) is -0.403. The molecule has 7 nitrogen and oxygen atoms in total. The van der Waals surface area contributed by atoms with Gasteiger partial charge in [0.2, 0.25) is 0 Å². The monoisotopic (exact) mass is 452 g/mol. The molecule has 1 aliphatic rings. The van der Waals surface area contributed by atoms with Crippen LogP contribution < -0.4 is 9.47 Å². The van der Waals surface area contributed by atoms with Crippen LogP contribution in [0.5, 0.6) is 11.5 Å².